The Morgan fingerprint density at radius 3 is 2.73 bits per heavy atom. The Balaban J connectivity index is 1.94. The summed E-state index contributed by atoms with van der Waals surface area (Å²) in [6, 6.07) is 13.9. The maximum Gasteiger partial charge on any atom is 0.235 e. The van der Waals surface area contributed by atoms with Crippen molar-refractivity contribution < 1.29 is 9.18 Å². The molecule has 0 aliphatic carbocycles. The summed E-state index contributed by atoms with van der Waals surface area (Å²) in [5.74, 6) is 0.327. The normalized spacial score (nSPS) is 16.7. The van der Waals surface area contributed by atoms with Crippen molar-refractivity contribution in [2.45, 2.75) is 12.2 Å². The van der Waals surface area contributed by atoms with Crippen LogP contribution in [0.2, 0.25) is 5.02 Å². The number of hydrogen-bond acceptors (Lipinski definition) is 3. The molecule has 3 aromatic rings. The molecule has 0 unspecified atom stereocenters. The van der Waals surface area contributed by atoms with Gasteiger partial charge in [-0.15, -0.1) is 11.8 Å². The summed E-state index contributed by atoms with van der Waals surface area (Å²) >= 11 is 7.72. The molecule has 0 saturated heterocycles. The smallest absolute Gasteiger partial charge is 0.235 e. The Kier molecular flexibility index (Phi) is 4.46. The highest BCUT2D eigenvalue weighted by molar-refractivity contribution is 8.00. The minimum absolute atomic E-state index is 0.150. The molecule has 1 N–H and O–H groups in total. The number of thioether (sulfide) groups is 1. The fourth-order valence-corrected chi connectivity index (χ4v) is 4.54. The number of hydrogen-bond donors (Lipinski definition) is 1. The summed E-state index contributed by atoms with van der Waals surface area (Å²) in [6.07, 6.45) is 0. The number of para-hydroxylation sites is 1. The van der Waals surface area contributed by atoms with E-state index in [0.29, 0.717) is 22.1 Å². The molecule has 0 saturated carbocycles. The van der Waals surface area contributed by atoms with E-state index in [9.17, 15) is 9.18 Å². The first kappa shape index (κ1) is 17.1. The molecule has 7 heteroatoms. The van der Waals surface area contributed by atoms with Crippen molar-refractivity contribution in [3.8, 4) is 5.69 Å². The van der Waals surface area contributed by atoms with Gasteiger partial charge in [0.15, 0.2) is 0 Å². The van der Waals surface area contributed by atoms with Gasteiger partial charge in [0.05, 0.1) is 27.4 Å². The topological polar surface area (TPSA) is 46.9 Å². The number of halogens is 2. The maximum absolute atomic E-state index is 14.5. The molecule has 26 heavy (non-hydrogen) atoms. The Morgan fingerprint density at radius 2 is 1.96 bits per heavy atom. The van der Waals surface area contributed by atoms with Crippen LogP contribution in [-0.4, -0.2) is 21.4 Å². The zero-order valence-electron chi connectivity index (χ0n) is 13.9. The molecule has 2 aromatic carbocycles. The van der Waals surface area contributed by atoms with Crippen LogP contribution >= 0.6 is 23.4 Å². The van der Waals surface area contributed by atoms with Gasteiger partial charge >= 0.3 is 0 Å². The lowest BCUT2D eigenvalue weighted by atomic mass is 10.0. The Hall–Kier alpha value is -2.31. The van der Waals surface area contributed by atoms with Gasteiger partial charge < -0.3 is 5.32 Å². The molecule has 2 heterocycles. The molecular formula is C19H15ClFN3OS. The second kappa shape index (κ2) is 6.78. The minimum atomic E-state index is -0.332. The number of aromatic nitrogens is 2. The van der Waals surface area contributed by atoms with E-state index in [1.807, 2.05) is 25.1 Å². The van der Waals surface area contributed by atoms with Gasteiger partial charge in [-0.2, -0.15) is 5.10 Å². The van der Waals surface area contributed by atoms with Crippen molar-refractivity contribution in [2.75, 3.05) is 11.1 Å². The Bertz CT molecular complexity index is 1000. The van der Waals surface area contributed by atoms with E-state index in [0.717, 1.165) is 11.3 Å². The van der Waals surface area contributed by atoms with Crippen LogP contribution in [0.25, 0.3) is 5.69 Å². The number of carbonyl (C=O) groups excluding carboxylic acids is 1. The first-order valence-electron chi connectivity index (χ1n) is 8.06. The fraction of sp³-hybridized carbons (Fsp3) is 0.158. The third-order valence-corrected chi connectivity index (χ3v) is 5.85. The monoisotopic (exact) mass is 387 g/mol. The lowest BCUT2D eigenvalue weighted by Crippen LogP contribution is -2.16. The number of aryl methyl sites for hydroxylation is 1. The molecule has 0 bridgehead atoms. The van der Waals surface area contributed by atoms with Gasteiger partial charge in [0.25, 0.3) is 0 Å². The molecule has 1 aliphatic rings. The van der Waals surface area contributed by atoms with Crippen molar-refractivity contribution in [3.63, 3.8) is 0 Å². The number of amides is 1. The first-order valence-corrected chi connectivity index (χ1v) is 9.49. The van der Waals surface area contributed by atoms with E-state index in [1.54, 1.807) is 28.9 Å². The summed E-state index contributed by atoms with van der Waals surface area (Å²) in [5, 5.41) is 7.69. The second-order valence-electron chi connectivity index (χ2n) is 5.97. The molecule has 0 radical (unpaired) electrons. The molecule has 1 atom stereocenters. The molecule has 1 aromatic heterocycles. The highest BCUT2D eigenvalue weighted by atomic mass is 35.5. The summed E-state index contributed by atoms with van der Waals surface area (Å²) in [4.78, 5) is 12.3. The predicted octanol–water partition coefficient (Wildman–Crippen LogP) is 4.75. The van der Waals surface area contributed by atoms with Crippen LogP contribution in [0.4, 0.5) is 10.2 Å². The van der Waals surface area contributed by atoms with Gasteiger partial charge in [0.2, 0.25) is 5.91 Å². The van der Waals surface area contributed by atoms with Crippen LogP contribution in [0.1, 0.15) is 22.1 Å². The van der Waals surface area contributed by atoms with Crippen LogP contribution < -0.4 is 5.32 Å². The summed E-state index contributed by atoms with van der Waals surface area (Å²) in [7, 11) is 0. The van der Waals surface area contributed by atoms with E-state index in [4.69, 9.17) is 11.6 Å². The van der Waals surface area contributed by atoms with Gasteiger partial charge in [-0.05, 0) is 25.1 Å². The summed E-state index contributed by atoms with van der Waals surface area (Å²) in [6.45, 7) is 1.86. The van der Waals surface area contributed by atoms with Gasteiger partial charge in [-0.1, -0.05) is 41.9 Å². The largest absolute Gasteiger partial charge is 0.310 e. The van der Waals surface area contributed by atoms with Crippen LogP contribution in [0, 0.1) is 12.7 Å². The third-order valence-electron chi connectivity index (χ3n) is 4.28. The van der Waals surface area contributed by atoms with Crippen LogP contribution in [-0.2, 0) is 4.79 Å². The average molecular weight is 388 g/mol. The predicted molar refractivity (Wildman–Crippen MR) is 103 cm³/mol. The van der Waals surface area contributed by atoms with Crippen LogP contribution in [0.3, 0.4) is 0 Å². The lowest BCUT2D eigenvalue weighted by Gasteiger charge is -2.16. The number of nitrogens with one attached hydrogen (secondary N) is 1. The number of rotatable bonds is 2. The van der Waals surface area contributed by atoms with Crippen LogP contribution in [0.15, 0.2) is 48.5 Å². The number of nitrogens with zero attached hydrogens (tertiary/aromatic N) is 2. The lowest BCUT2D eigenvalue weighted by molar-refractivity contribution is -0.113. The summed E-state index contributed by atoms with van der Waals surface area (Å²) in [5.41, 5.74) is 2.73. The van der Waals surface area contributed by atoms with Crippen LogP contribution in [0.5, 0.6) is 0 Å². The molecule has 1 aliphatic heterocycles. The van der Waals surface area contributed by atoms with E-state index in [-0.39, 0.29) is 22.7 Å². The van der Waals surface area contributed by atoms with Crippen molar-refractivity contribution in [1.82, 2.24) is 9.78 Å². The van der Waals surface area contributed by atoms with E-state index < -0.39 is 0 Å². The molecule has 4 nitrogen and oxygen atoms in total. The highest BCUT2D eigenvalue weighted by Gasteiger charge is 2.32. The van der Waals surface area contributed by atoms with Gasteiger partial charge in [0, 0.05) is 11.1 Å². The second-order valence-corrected chi connectivity index (χ2v) is 7.47. The van der Waals surface area contributed by atoms with Crippen molar-refractivity contribution in [3.05, 3.63) is 76.2 Å². The Morgan fingerprint density at radius 1 is 1.23 bits per heavy atom. The SMILES string of the molecule is Cc1nn(-c2ccccc2Cl)c2c1[C@@H](c1ccccc1F)SCC(=O)N2. The first-order chi connectivity index (χ1) is 12.6. The van der Waals surface area contributed by atoms with Gasteiger partial charge in [-0.3, -0.25) is 4.79 Å². The Labute approximate surface area is 159 Å². The fourth-order valence-electron chi connectivity index (χ4n) is 3.11. The average Bonchev–Trinajstić information content (AvgIpc) is 2.82. The van der Waals surface area contributed by atoms with E-state index >= 15 is 0 Å². The number of fused-ring (bicyclic) bond motifs is 1. The van der Waals surface area contributed by atoms with Gasteiger partial charge in [0.1, 0.15) is 11.6 Å². The van der Waals surface area contributed by atoms with Crippen molar-refractivity contribution >= 4 is 35.1 Å². The van der Waals surface area contributed by atoms with Crippen molar-refractivity contribution in [1.29, 1.82) is 0 Å². The number of anilines is 1. The molecule has 0 spiro atoms. The molecular weight excluding hydrogens is 373 g/mol. The number of benzene rings is 2. The molecule has 1 amide bonds. The third kappa shape index (κ3) is 2.89. The highest BCUT2D eigenvalue weighted by Crippen LogP contribution is 2.44. The van der Waals surface area contributed by atoms with E-state index in [2.05, 4.69) is 10.4 Å². The number of carbonyl (C=O) groups is 1. The molecule has 4 rings (SSSR count). The molecule has 132 valence electrons. The van der Waals surface area contributed by atoms with E-state index in [1.165, 1.54) is 17.8 Å². The zero-order chi connectivity index (χ0) is 18.3. The molecule has 0 fully saturated rings. The maximum atomic E-state index is 14.5. The standard InChI is InChI=1S/C19H15ClFN3OS/c1-11-17-18(12-6-2-4-8-14(12)21)26-10-16(25)22-19(17)24(23-11)15-9-5-3-7-13(15)20/h2-9,18H,10H2,1H3,(H,22,25)/t18-/m1/s1. The summed E-state index contributed by atoms with van der Waals surface area (Å²) < 4.78 is 16.1. The minimum Gasteiger partial charge on any atom is -0.310 e. The zero-order valence-corrected chi connectivity index (χ0v) is 15.4. The van der Waals surface area contributed by atoms with Crippen molar-refractivity contribution in [2.24, 2.45) is 0 Å². The quantitative estimate of drug-likeness (QED) is 0.690. The van der Waals surface area contributed by atoms with Gasteiger partial charge in [-0.25, -0.2) is 9.07 Å².